The first-order valence-corrected chi connectivity index (χ1v) is 16.2. The predicted molar refractivity (Wildman–Crippen MR) is 168 cm³/mol. The molecule has 4 heterocycles. The Bertz CT molecular complexity index is 1720. The molecule has 8 rings (SSSR count). The predicted octanol–water partition coefficient (Wildman–Crippen LogP) is 5.60. The molecule has 2 aromatic heterocycles. The van der Waals surface area contributed by atoms with E-state index >= 15 is 0 Å². The van der Waals surface area contributed by atoms with Gasteiger partial charge in [0.25, 0.3) is 17.7 Å². The molecule has 0 spiro atoms. The Balaban J connectivity index is 0.000000151. The number of para-hydroxylation sites is 2. The summed E-state index contributed by atoms with van der Waals surface area (Å²) in [7, 11) is 0. The molecule has 2 unspecified atom stereocenters. The molecule has 12 heteroatoms. The Morgan fingerprint density at radius 3 is 2.00 bits per heavy atom. The van der Waals surface area contributed by atoms with Crippen LogP contribution in [0.4, 0.5) is 8.78 Å². The number of fused-ring (bicyclic) bond motifs is 2. The number of hydrogen-bond acceptors (Lipinski definition) is 6. The number of ether oxygens (including phenoxy) is 2. The third-order valence-corrected chi connectivity index (χ3v) is 9.23. The molecule has 47 heavy (non-hydrogen) atoms. The first-order valence-electron chi connectivity index (χ1n) is 16.2. The van der Waals surface area contributed by atoms with Gasteiger partial charge in [0.15, 0.2) is 0 Å². The molecule has 2 aliphatic heterocycles. The van der Waals surface area contributed by atoms with Crippen LogP contribution in [0.15, 0.2) is 72.8 Å². The van der Waals surface area contributed by atoms with Gasteiger partial charge >= 0.3 is 0 Å². The minimum absolute atomic E-state index is 0.0504. The molecule has 0 radical (unpaired) electrons. The van der Waals surface area contributed by atoms with E-state index in [2.05, 4.69) is 10.2 Å². The van der Waals surface area contributed by atoms with Gasteiger partial charge in [-0.3, -0.25) is 19.0 Å². The molecule has 0 saturated heterocycles. The van der Waals surface area contributed by atoms with Crippen molar-refractivity contribution in [3.05, 3.63) is 95.6 Å². The lowest BCUT2D eigenvalue weighted by Gasteiger charge is -2.39. The maximum Gasteiger partial charge on any atom is 0.272 e. The summed E-state index contributed by atoms with van der Waals surface area (Å²) in [5.41, 5.74) is 2.60. The molecule has 4 aromatic rings. The van der Waals surface area contributed by atoms with Crippen molar-refractivity contribution in [1.29, 1.82) is 0 Å². The van der Waals surface area contributed by atoms with E-state index < -0.39 is 11.8 Å². The van der Waals surface area contributed by atoms with Crippen molar-refractivity contribution in [1.82, 2.24) is 29.4 Å². The van der Waals surface area contributed by atoms with Crippen molar-refractivity contribution >= 4 is 11.8 Å². The van der Waals surface area contributed by atoms with Gasteiger partial charge in [-0.25, -0.2) is 8.78 Å². The summed E-state index contributed by atoms with van der Waals surface area (Å²) < 4.78 is 41.2. The third kappa shape index (κ3) is 6.72. The molecular weight excluding hydrogens is 606 g/mol. The summed E-state index contributed by atoms with van der Waals surface area (Å²) in [5, 5.41) is 8.95. The SMILES string of the molecule is CC1CN(CC2CC2(F)F)C(=O)c2cc(COc3ccccc3)nn21.O=C1c2cc(COc3ccccc3)nn2CCN1C1CCC1. The van der Waals surface area contributed by atoms with E-state index in [1.807, 2.05) is 83.2 Å². The van der Waals surface area contributed by atoms with E-state index in [0.717, 1.165) is 43.1 Å². The van der Waals surface area contributed by atoms with Crippen molar-refractivity contribution in [2.24, 2.45) is 5.92 Å². The molecule has 2 saturated carbocycles. The zero-order valence-electron chi connectivity index (χ0n) is 26.3. The lowest BCUT2D eigenvalue weighted by atomic mass is 9.91. The van der Waals surface area contributed by atoms with E-state index in [0.29, 0.717) is 36.3 Å². The van der Waals surface area contributed by atoms with Gasteiger partial charge in [0.1, 0.15) is 47.5 Å². The topological polar surface area (TPSA) is 94.7 Å². The summed E-state index contributed by atoms with van der Waals surface area (Å²) in [5.74, 6) is -1.90. The van der Waals surface area contributed by atoms with Gasteiger partial charge in [-0.2, -0.15) is 10.2 Å². The average Bonchev–Trinajstić information content (AvgIpc) is 3.38. The molecule has 10 nitrogen and oxygen atoms in total. The zero-order valence-corrected chi connectivity index (χ0v) is 26.3. The molecule has 2 amide bonds. The number of rotatable bonds is 9. The Hall–Kier alpha value is -4.74. The van der Waals surface area contributed by atoms with Crippen LogP contribution in [0.3, 0.4) is 0 Å². The van der Waals surface area contributed by atoms with Crippen molar-refractivity contribution in [3.8, 4) is 11.5 Å². The van der Waals surface area contributed by atoms with Crippen molar-refractivity contribution in [3.63, 3.8) is 0 Å². The Morgan fingerprint density at radius 2 is 1.43 bits per heavy atom. The number of carbonyl (C=O) groups is 2. The smallest absolute Gasteiger partial charge is 0.272 e. The fraction of sp³-hybridized carbons (Fsp3) is 0.429. The standard InChI is InChI=1S/C18H19F2N3O2.C17H19N3O2/c1-12-9-22(10-13-8-18(13,19)20)17(24)16-7-14(21-23(12)16)11-25-15-5-3-2-4-6-15;21-17-16-11-13(12-22-15-7-2-1-3-8-15)18-20(16)10-9-19(17)14-5-4-6-14/h2-7,12-13H,8-11H2,1H3;1-3,7-8,11,14H,4-6,9-10,12H2. The average molecular weight is 645 g/mol. The first-order chi connectivity index (χ1) is 22.7. The fourth-order valence-electron chi connectivity index (χ4n) is 6.27. The second kappa shape index (κ2) is 12.8. The highest BCUT2D eigenvalue weighted by Crippen LogP contribution is 2.49. The monoisotopic (exact) mass is 644 g/mol. The summed E-state index contributed by atoms with van der Waals surface area (Å²) in [6, 6.07) is 23.0. The van der Waals surface area contributed by atoms with Crippen LogP contribution in [-0.2, 0) is 19.8 Å². The lowest BCUT2D eigenvalue weighted by molar-refractivity contribution is 0.0503. The number of benzene rings is 2. The highest BCUT2D eigenvalue weighted by Gasteiger charge is 2.57. The maximum absolute atomic E-state index is 13.2. The van der Waals surface area contributed by atoms with Gasteiger partial charge < -0.3 is 19.3 Å². The summed E-state index contributed by atoms with van der Waals surface area (Å²) in [6.45, 7) is 4.64. The van der Waals surface area contributed by atoms with Crippen molar-refractivity contribution in [2.75, 3.05) is 19.6 Å². The lowest BCUT2D eigenvalue weighted by Crippen LogP contribution is -2.49. The normalized spacial score (nSPS) is 21.3. The van der Waals surface area contributed by atoms with Gasteiger partial charge in [-0.1, -0.05) is 36.4 Å². The van der Waals surface area contributed by atoms with E-state index in [1.165, 1.54) is 11.3 Å². The van der Waals surface area contributed by atoms with Crippen molar-refractivity contribution in [2.45, 2.75) is 70.4 Å². The highest BCUT2D eigenvalue weighted by molar-refractivity contribution is 5.94. The number of nitrogens with zero attached hydrogens (tertiary/aromatic N) is 6. The molecule has 246 valence electrons. The van der Waals surface area contributed by atoms with Crippen LogP contribution in [0, 0.1) is 5.92 Å². The molecule has 2 fully saturated rings. The third-order valence-electron chi connectivity index (χ3n) is 9.23. The number of halogens is 2. The van der Waals surface area contributed by atoms with Crippen LogP contribution < -0.4 is 9.47 Å². The Kier molecular flexibility index (Phi) is 8.42. The number of hydrogen-bond donors (Lipinski definition) is 0. The van der Waals surface area contributed by atoms with Gasteiger partial charge in [0.2, 0.25) is 0 Å². The molecule has 0 bridgehead atoms. The molecule has 2 aliphatic carbocycles. The molecule has 2 aromatic carbocycles. The van der Waals surface area contributed by atoms with Crippen molar-refractivity contribution < 1.29 is 27.8 Å². The summed E-state index contributed by atoms with van der Waals surface area (Å²) >= 11 is 0. The van der Waals surface area contributed by atoms with Crippen LogP contribution in [0.5, 0.6) is 11.5 Å². The quantitative estimate of drug-likeness (QED) is 0.235. The second-order valence-electron chi connectivity index (χ2n) is 12.7. The highest BCUT2D eigenvalue weighted by atomic mass is 19.3. The van der Waals surface area contributed by atoms with E-state index in [4.69, 9.17) is 9.47 Å². The van der Waals surface area contributed by atoms with Crippen LogP contribution in [0.2, 0.25) is 0 Å². The minimum atomic E-state index is -2.62. The van der Waals surface area contributed by atoms with Crippen LogP contribution >= 0.6 is 0 Å². The molecule has 4 aliphatic rings. The van der Waals surface area contributed by atoms with Crippen LogP contribution in [0.25, 0.3) is 0 Å². The number of amides is 2. The van der Waals surface area contributed by atoms with Crippen LogP contribution in [-0.4, -0.2) is 72.8 Å². The van der Waals surface area contributed by atoms with E-state index in [-0.39, 0.29) is 37.4 Å². The largest absolute Gasteiger partial charge is 0.487 e. The van der Waals surface area contributed by atoms with Gasteiger partial charge in [0, 0.05) is 38.0 Å². The number of aromatic nitrogens is 4. The minimum Gasteiger partial charge on any atom is -0.487 e. The first kappa shape index (κ1) is 30.9. The Morgan fingerprint density at radius 1 is 0.830 bits per heavy atom. The Labute approximate surface area is 271 Å². The van der Waals surface area contributed by atoms with E-state index in [1.54, 1.807) is 10.7 Å². The second-order valence-corrected chi connectivity index (χ2v) is 12.7. The van der Waals surface area contributed by atoms with E-state index in [9.17, 15) is 18.4 Å². The molecular formula is C35H38F2N6O4. The number of carbonyl (C=O) groups excluding carboxylic acids is 2. The van der Waals surface area contributed by atoms with Crippen LogP contribution in [0.1, 0.15) is 71.0 Å². The zero-order chi connectivity index (χ0) is 32.5. The van der Waals surface area contributed by atoms with Gasteiger partial charge in [0.05, 0.1) is 12.6 Å². The molecule has 2 atom stereocenters. The number of alkyl halides is 2. The van der Waals surface area contributed by atoms with Gasteiger partial charge in [-0.05, 0) is 62.6 Å². The maximum atomic E-state index is 13.2. The molecule has 0 N–H and O–H groups in total. The summed E-state index contributed by atoms with van der Waals surface area (Å²) in [6.07, 6.45) is 3.40. The summed E-state index contributed by atoms with van der Waals surface area (Å²) in [4.78, 5) is 28.7. The fourth-order valence-corrected chi connectivity index (χ4v) is 6.27. The van der Waals surface area contributed by atoms with Gasteiger partial charge in [-0.15, -0.1) is 0 Å².